The maximum absolute atomic E-state index is 6.22. The summed E-state index contributed by atoms with van der Waals surface area (Å²) in [7, 11) is 0. The van der Waals surface area contributed by atoms with Crippen molar-refractivity contribution in [1.82, 2.24) is 9.97 Å². The van der Waals surface area contributed by atoms with Gasteiger partial charge in [0.2, 0.25) is 0 Å². The number of H-pyrrole nitrogens is 1. The van der Waals surface area contributed by atoms with Gasteiger partial charge in [-0.3, -0.25) is 0 Å². The highest BCUT2D eigenvalue weighted by molar-refractivity contribution is 9.10. The maximum Gasteiger partial charge on any atom is 0.0734 e. The van der Waals surface area contributed by atoms with Crippen molar-refractivity contribution in [3.05, 3.63) is 63.7 Å². The van der Waals surface area contributed by atoms with Gasteiger partial charge in [-0.2, -0.15) is 11.8 Å². The summed E-state index contributed by atoms with van der Waals surface area (Å²) < 4.78 is 1.05. The molecule has 132 valence electrons. The fourth-order valence-corrected chi connectivity index (χ4v) is 4.40. The van der Waals surface area contributed by atoms with Crippen molar-refractivity contribution in [3.63, 3.8) is 0 Å². The fraction of sp³-hybridized carbons (Fsp3) is 0.150. The van der Waals surface area contributed by atoms with Crippen LogP contribution in [0.4, 0.5) is 0 Å². The second-order valence-corrected chi connectivity index (χ2v) is 8.52. The first-order valence-electron chi connectivity index (χ1n) is 8.30. The van der Waals surface area contributed by atoms with E-state index in [2.05, 4.69) is 45.2 Å². The molecular weight excluding hydrogens is 430 g/mol. The molecule has 0 spiro atoms. The normalized spacial score (nSPS) is 11.5. The first-order chi connectivity index (χ1) is 12.7. The van der Waals surface area contributed by atoms with E-state index in [0.29, 0.717) is 11.6 Å². The Balaban J connectivity index is 1.89. The van der Waals surface area contributed by atoms with E-state index in [9.17, 15) is 0 Å². The first-order valence-corrected chi connectivity index (χ1v) is 10.6. The zero-order valence-electron chi connectivity index (χ0n) is 13.9. The Morgan fingerprint density at radius 3 is 2.85 bits per heavy atom. The summed E-state index contributed by atoms with van der Waals surface area (Å²) in [5.74, 6) is 1.84. The summed E-state index contributed by atoms with van der Waals surface area (Å²) in [6.45, 7) is 0.683. The number of halogens is 2. The number of nitrogens with zero attached hydrogens (tertiary/aromatic N) is 1. The molecule has 3 nitrogen and oxygen atoms in total. The van der Waals surface area contributed by atoms with Crippen LogP contribution in [-0.2, 0) is 5.75 Å². The van der Waals surface area contributed by atoms with Crippen molar-refractivity contribution in [3.8, 4) is 11.3 Å². The topological polar surface area (TPSA) is 54.7 Å². The highest BCUT2D eigenvalue weighted by Crippen LogP contribution is 2.33. The monoisotopic (exact) mass is 445 g/mol. The molecule has 0 aliphatic carbocycles. The molecule has 4 rings (SSSR count). The van der Waals surface area contributed by atoms with Gasteiger partial charge in [-0.1, -0.05) is 33.6 Å². The molecule has 0 bridgehead atoms. The van der Waals surface area contributed by atoms with E-state index in [1.54, 1.807) is 0 Å². The van der Waals surface area contributed by atoms with E-state index in [4.69, 9.17) is 22.3 Å². The number of nitrogens with one attached hydrogen (secondary N) is 1. The minimum absolute atomic E-state index is 0.683. The minimum atomic E-state index is 0.683. The van der Waals surface area contributed by atoms with Gasteiger partial charge in [-0.25, -0.2) is 4.98 Å². The van der Waals surface area contributed by atoms with Crippen LogP contribution in [0, 0.1) is 0 Å². The second kappa shape index (κ2) is 7.61. The van der Waals surface area contributed by atoms with Gasteiger partial charge in [0.15, 0.2) is 0 Å². The molecule has 4 aromatic rings. The van der Waals surface area contributed by atoms with Crippen molar-refractivity contribution in [2.75, 3.05) is 12.3 Å². The second-order valence-electron chi connectivity index (χ2n) is 6.06. The largest absolute Gasteiger partial charge is 0.360 e. The summed E-state index contributed by atoms with van der Waals surface area (Å²) in [6, 6.07) is 14.3. The van der Waals surface area contributed by atoms with Gasteiger partial charge in [0.25, 0.3) is 0 Å². The number of aromatic amines is 1. The molecule has 2 heterocycles. The predicted octanol–water partition coefficient (Wildman–Crippen LogP) is 5.99. The molecule has 2 aromatic carbocycles. The molecule has 2 aromatic heterocycles. The van der Waals surface area contributed by atoms with Crippen molar-refractivity contribution < 1.29 is 0 Å². The maximum atomic E-state index is 6.22. The molecule has 26 heavy (non-hydrogen) atoms. The van der Waals surface area contributed by atoms with E-state index in [1.807, 2.05) is 36.2 Å². The number of rotatable bonds is 5. The molecule has 0 aliphatic heterocycles. The van der Waals surface area contributed by atoms with E-state index in [0.717, 1.165) is 49.0 Å². The standard InChI is InChI=1S/C20H17BrClN3S/c21-13-1-4-18-16(8-13)17(10-24-18)19-7-12(11-26-6-5-23)15-3-2-14(22)9-20(15)25-19/h1-4,7-10,24H,5-6,11,23H2. The Bertz CT molecular complexity index is 1090. The minimum Gasteiger partial charge on any atom is -0.360 e. The fourth-order valence-electron chi connectivity index (χ4n) is 3.10. The molecule has 0 atom stereocenters. The van der Waals surface area contributed by atoms with Gasteiger partial charge in [-0.05, 0) is 42.0 Å². The van der Waals surface area contributed by atoms with Gasteiger partial charge < -0.3 is 10.7 Å². The van der Waals surface area contributed by atoms with Gasteiger partial charge in [0.1, 0.15) is 0 Å². The van der Waals surface area contributed by atoms with Crippen LogP contribution in [0.2, 0.25) is 5.02 Å². The van der Waals surface area contributed by atoms with Crippen LogP contribution >= 0.6 is 39.3 Å². The van der Waals surface area contributed by atoms with Gasteiger partial charge >= 0.3 is 0 Å². The Labute approximate surface area is 169 Å². The third-order valence-electron chi connectivity index (χ3n) is 4.30. The molecule has 0 fully saturated rings. The van der Waals surface area contributed by atoms with Crippen LogP contribution in [0.5, 0.6) is 0 Å². The van der Waals surface area contributed by atoms with Gasteiger partial charge in [0.05, 0.1) is 11.2 Å². The summed E-state index contributed by atoms with van der Waals surface area (Å²) in [5.41, 5.74) is 11.0. The third kappa shape index (κ3) is 3.49. The molecule has 0 radical (unpaired) electrons. The van der Waals surface area contributed by atoms with Crippen LogP contribution < -0.4 is 5.73 Å². The van der Waals surface area contributed by atoms with Crippen molar-refractivity contribution >= 4 is 61.1 Å². The summed E-state index contributed by atoms with van der Waals surface area (Å²) >= 11 is 11.6. The van der Waals surface area contributed by atoms with E-state index < -0.39 is 0 Å². The number of pyridine rings is 1. The van der Waals surface area contributed by atoms with Gasteiger partial charge in [0, 0.05) is 55.6 Å². The molecular formula is C20H17BrClN3S. The highest BCUT2D eigenvalue weighted by atomic mass is 79.9. The molecule has 6 heteroatoms. The Hall–Kier alpha value is -1.53. The lowest BCUT2D eigenvalue weighted by Crippen LogP contribution is -2.01. The molecule has 3 N–H and O–H groups in total. The first kappa shape index (κ1) is 17.9. The Kier molecular flexibility index (Phi) is 5.23. The van der Waals surface area contributed by atoms with E-state index in [1.165, 1.54) is 5.56 Å². The third-order valence-corrected chi connectivity index (χ3v) is 6.06. The number of hydrogen-bond donors (Lipinski definition) is 2. The van der Waals surface area contributed by atoms with Crippen LogP contribution in [0.25, 0.3) is 33.1 Å². The average molecular weight is 447 g/mol. The Morgan fingerprint density at radius 1 is 1.12 bits per heavy atom. The summed E-state index contributed by atoms with van der Waals surface area (Å²) in [5, 5.41) is 2.99. The quantitative estimate of drug-likeness (QED) is 0.370. The molecule has 0 aliphatic rings. The number of hydrogen-bond acceptors (Lipinski definition) is 3. The number of nitrogens with two attached hydrogens (primary N) is 1. The Morgan fingerprint density at radius 2 is 2.00 bits per heavy atom. The lowest BCUT2D eigenvalue weighted by atomic mass is 10.0. The summed E-state index contributed by atoms with van der Waals surface area (Å²) in [4.78, 5) is 8.23. The highest BCUT2D eigenvalue weighted by Gasteiger charge is 2.12. The zero-order chi connectivity index (χ0) is 18.1. The van der Waals surface area contributed by atoms with E-state index >= 15 is 0 Å². The molecule has 0 saturated heterocycles. The van der Waals surface area contributed by atoms with Crippen molar-refractivity contribution in [2.45, 2.75) is 5.75 Å². The summed E-state index contributed by atoms with van der Waals surface area (Å²) in [6.07, 6.45) is 2.02. The van der Waals surface area contributed by atoms with Crippen molar-refractivity contribution in [1.29, 1.82) is 0 Å². The zero-order valence-corrected chi connectivity index (χ0v) is 17.1. The van der Waals surface area contributed by atoms with E-state index in [-0.39, 0.29) is 0 Å². The lowest BCUT2D eigenvalue weighted by molar-refractivity contribution is 1.15. The number of thioether (sulfide) groups is 1. The van der Waals surface area contributed by atoms with Crippen molar-refractivity contribution in [2.24, 2.45) is 5.73 Å². The lowest BCUT2D eigenvalue weighted by Gasteiger charge is -2.10. The average Bonchev–Trinajstić information content (AvgIpc) is 3.04. The van der Waals surface area contributed by atoms with Crippen LogP contribution in [0.15, 0.2) is 53.1 Å². The predicted molar refractivity (Wildman–Crippen MR) is 117 cm³/mol. The van der Waals surface area contributed by atoms with Gasteiger partial charge in [-0.15, -0.1) is 0 Å². The van der Waals surface area contributed by atoms with Crippen LogP contribution in [0.3, 0.4) is 0 Å². The number of fused-ring (bicyclic) bond motifs is 2. The molecule has 0 saturated carbocycles. The number of benzene rings is 2. The molecule has 0 unspecified atom stereocenters. The SMILES string of the molecule is NCCSCc1cc(-c2c[nH]c3ccc(Br)cc23)nc2cc(Cl)ccc12. The van der Waals surface area contributed by atoms with Crippen LogP contribution in [0.1, 0.15) is 5.56 Å². The number of aromatic nitrogens is 2. The smallest absolute Gasteiger partial charge is 0.0734 e. The molecule has 0 amide bonds. The van der Waals surface area contributed by atoms with Crippen LogP contribution in [-0.4, -0.2) is 22.3 Å².